The predicted molar refractivity (Wildman–Crippen MR) is 76.3 cm³/mol. The summed E-state index contributed by atoms with van der Waals surface area (Å²) < 4.78 is 0. The Labute approximate surface area is 117 Å². The molecular weight excluding hydrogens is 262 g/mol. The van der Waals surface area contributed by atoms with Gasteiger partial charge in [0.2, 0.25) is 5.91 Å². The molecule has 4 nitrogen and oxygen atoms in total. The highest BCUT2D eigenvalue weighted by atomic mass is 32.2. The summed E-state index contributed by atoms with van der Waals surface area (Å²) in [4.78, 5) is 25.2. The average molecular weight is 281 g/mol. The second-order valence-electron chi connectivity index (χ2n) is 4.42. The molecule has 0 spiro atoms. The van der Waals surface area contributed by atoms with Crippen molar-refractivity contribution in [3.05, 3.63) is 30.3 Å². The van der Waals surface area contributed by atoms with E-state index in [1.54, 1.807) is 11.8 Å². The van der Waals surface area contributed by atoms with E-state index in [1.807, 2.05) is 44.2 Å². The molecule has 104 valence electrons. The zero-order chi connectivity index (χ0) is 14.3. The molecule has 1 amide bonds. The average Bonchev–Trinajstić information content (AvgIpc) is 2.36. The van der Waals surface area contributed by atoms with Gasteiger partial charge in [0.25, 0.3) is 0 Å². The van der Waals surface area contributed by atoms with Crippen LogP contribution in [-0.4, -0.2) is 40.2 Å². The van der Waals surface area contributed by atoms with Crippen LogP contribution >= 0.6 is 11.8 Å². The molecule has 0 aromatic heterocycles. The van der Waals surface area contributed by atoms with Crippen LogP contribution in [0, 0.1) is 0 Å². The molecule has 1 aromatic rings. The first kappa shape index (κ1) is 15.6. The minimum Gasteiger partial charge on any atom is -0.480 e. The van der Waals surface area contributed by atoms with Crippen LogP contribution in [0.3, 0.4) is 0 Å². The normalized spacial score (nSPS) is 10.5. The number of amides is 1. The van der Waals surface area contributed by atoms with Crippen molar-refractivity contribution in [2.75, 3.05) is 12.3 Å². The number of benzene rings is 1. The summed E-state index contributed by atoms with van der Waals surface area (Å²) in [6.07, 6.45) is 0.352. The molecule has 0 aliphatic heterocycles. The van der Waals surface area contributed by atoms with Gasteiger partial charge in [0.1, 0.15) is 6.54 Å². The summed E-state index contributed by atoms with van der Waals surface area (Å²) in [5.41, 5.74) is 0. The minimum atomic E-state index is -0.974. The van der Waals surface area contributed by atoms with Crippen molar-refractivity contribution in [2.24, 2.45) is 0 Å². The first-order chi connectivity index (χ1) is 9.00. The highest BCUT2D eigenvalue weighted by Crippen LogP contribution is 2.18. The van der Waals surface area contributed by atoms with Crippen LogP contribution in [0.5, 0.6) is 0 Å². The van der Waals surface area contributed by atoms with Gasteiger partial charge in [-0.1, -0.05) is 18.2 Å². The van der Waals surface area contributed by atoms with Crippen molar-refractivity contribution in [1.82, 2.24) is 4.90 Å². The molecule has 1 N–H and O–H groups in total. The van der Waals surface area contributed by atoms with E-state index in [2.05, 4.69) is 0 Å². The summed E-state index contributed by atoms with van der Waals surface area (Å²) in [5.74, 6) is -0.426. The third-order valence-corrected chi connectivity index (χ3v) is 3.59. The number of carbonyl (C=O) groups excluding carboxylic acids is 1. The molecule has 0 atom stereocenters. The Bertz CT molecular complexity index is 420. The van der Waals surface area contributed by atoms with Gasteiger partial charge in [0, 0.05) is 23.1 Å². The van der Waals surface area contributed by atoms with Gasteiger partial charge >= 0.3 is 5.97 Å². The second-order valence-corrected chi connectivity index (χ2v) is 5.59. The Morgan fingerprint density at radius 1 is 1.26 bits per heavy atom. The SMILES string of the molecule is CC(C)N(CC(=O)O)C(=O)CCSc1ccccc1. The standard InChI is InChI=1S/C14H19NO3S/c1-11(2)15(10-14(17)18)13(16)8-9-19-12-6-4-3-5-7-12/h3-7,11H,8-10H2,1-2H3,(H,17,18). The molecule has 0 aliphatic carbocycles. The molecule has 19 heavy (non-hydrogen) atoms. The fourth-order valence-corrected chi connectivity index (χ4v) is 2.48. The van der Waals surface area contributed by atoms with Gasteiger partial charge in [-0.25, -0.2) is 0 Å². The summed E-state index contributed by atoms with van der Waals surface area (Å²) in [5, 5.41) is 8.79. The lowest BCUT2D eigenvalue weighted by Crippen LogP contribution is -2.40. The van der Waals surface area contributed by atoms with E-state index in [0.29, 0.717) is 12.2 Å². The number of hydrogen-bond acceptors (Lipinski definition) is 3. The number of carbonyl (C=O) groups is 2. The van der Waals surface area contributed by atoms with Crippen molar-refractivity contribution >= 4 is 23.6 Å². The predicted octanol–water partition coefficient (Wildman–Crippen LogP) is 2.49. The fraction of sp³-hybridized carbons (Fsp3) is 0.429. The van der Waals surface area contributed by atoms with Crippen molar-refractivity contribution in [3.8, 4) is 0 Å². The molecule has 0 bridgehead atoms. The Kier molecular flexibility index (Phi) is 6.42. The van der Waals surface area contributed by atoms with Gasteiger partial charge < -0.3 is 10.0 Å². The smallest absolute Gasteiger partial charge is 0.323 e. The maximum Gasteiger partial charge on any atom is 0.323 e. The van der Waals surface area contributed by atoms with Crippen LogP contribution in [0.15, 0.2) is 35.2 Å². The zero-order valence-corrected chi connectivity index (χ0v) is 12.0. The van der Waals surface area contributed by atoms with E-state index in [0.717, 1.165) is 4.90 Å². The van der Waals surface area contributed by atoms with Gasteiger partial charge in [-0.2, -0.15) is 0 Å². The van der Waals surface area contributed by atoms with Crippen LogP contribution < -0.4 is 0 Å². The molecule has 0 saturated heterocycles. The highest BCUT2D eigenvalue weighted by molar-refractivity contribution is 7.99. The maximum absolute atomic E-state index is 12.0. The van der Waals surface area contributed by atoms with Gasteiger partial charge in [-0.3, -0.25) is 9.59 Å². The van der Waals surface area contributed by atoms with Crippen molar-refractivity contribution in [2.45, 2.75) is 31.2 Å². The van der Waals surface area contributed by atoms with E-state index in [9.17, 15) is 9.59 Å². The molecule has 0 radical (unpaired) electrons. The number of rotatable bonds is 7. The topological polar surface area (TPSA) is 57.6 Å². The number of hydrogen-bond donors (Lipinski definition) is 1. The van der Waals surface area contributed by atoms with E-state index >= 15 is 0 Å². The number of carboxylic acids is 1. The van der Waals surface area contributed by atoms with Crippen LogP contribution in [0.2, 0.25) is 0 Å². The number of nitrogens with zero attached hydrogens (tertiary/aromatic N) is 1. The number of aliphatic carboxylic acids is 1. The maximum atomic E-state index is 12.0. The summed E-state index contributed by atoms with van der Waals surface area (Å²) in [6.45, 7) is 3.42. The Morgan fingerprint density at radius 2 is 1.89 bits per heavy atom. The molecule has 0 unspecified atom stereocenters. The highest BCUT2D eigenvalue weighted by Gasteiger charge is 2.19. The Morgan fingerprint density at radius 3 is 2.42 bits per heavy atom. The summed E-state index contributed by atoms with van der Waals surface area (Å²) >= 11 is 1.60. The minimum absolute atomic E-state index is 0.0923. The number of carboxylic acid groups (broad SMARTS) is 1. The van der Waals surface area contributed by atoms with E-state index in [4.69, 9.17) is 5.11 Å². The van der Waals surface area contributed by atoms with Crippen LogP contribution in [0.25, 0.3) is 0 Å². The van der Waals surface area contributed by atoms with E-state index in [1.165, 1.54) is 4.90 Å². The lowest BCUT2D eigenvalue weighted by atomic mass is 10.3. The first-order valence-corrected chi connectivity index (χ1v) is 7.18. The van der Waals surface area contributed by atoms with Gasteiger partial charge in [0.05, 0.1) is 0 Å². The molecule has 1 aromatic carbocycles. The lowest BCUT2D eigenvalue weighted by Gasteiger charge is -2.24. The third-order valence-electron chi connectivity index (χ3n) is 2.58. The van der Waals surface area contributed by atoms with Crippen LogP contribution in [0.4, 0.5) is 0 Å². The van der Waals surface area contributed by atoms with Gasteiger partial charge in [-0.05, 0) is 26.0 Å². The molecule has 0 fully saturated rings. The van der Waals surface area contributed by atoms with Crippen molar-refractivity contribution in [1.29, 1.82) is 0 Å². The van der Waals surface area contributed by atoms with E-state index in [-0.39, 0.29) is 18.5 Å². The monoisotopic (exact) mass is 281 g/mol. The molecule has 1 rings (SSSR count). The van der Waals surface area contributed by atoms with Gasteiger partial charge in [0.15, 0.2) is 0 Å². The van der Waals surface area contributed by atoms with Crippen molar-refractivity contribution in [3.63, 3.8) is 0 Å². The van der Waals surface area contributed by atoms with Gasteiger partial charge in [-0.15, -0.1) is 11.8 Å². The quantitative estimate of drug-likeness (QED) is 0.780. The zero-order valence-electron chi connectivity index (χ0n) is 11.2. The van der Waals surface area contributed by atoms with Crippen LogP contribution in [0.1, 0.15) is 20.3 Å². The van der Waals surface area contributed by atoms with E-state index < -0.39 is 5.97 Å². The molecule has 5 heteroatoms. The molecule has 0 aliphatic rings. The van der Waals surface area contributed by atoms with Crippen molar-refractivity contribution < 1.29 is 14.7 Å². The summed E-state index contributed by atoms with van der Waals surface area (Å²) in [6, 6.07) is 9.75. The molecular formula is C14H19NO3S. The fourth-order valence-electron chi connectivity index (χ4n) is 1.62. The summed E-state index contributed by atoms with van der Waals surface area (Å²) in [7, 11) is 0. The Balaban J connectivity index is 2.42. The Hall–Kier alpha value is -1.49. The number of thioether (sulfide) groups is 1. The third kappa shape index (κ3) is 5.79. The molecule has 0 saturated carbocycles. The largest absolute Gasteiger partial charge is 0.480 e. The van der Waals surface area contributed by atoms with Crippen LogP contribution in [-0.2, 0) is 9.59 Å². The molecule has 0 heterocycles. The lowest BCUT2D eigenvalue weighted by molar-refractivity contribution is -0.145. The first-order valence-electron chi connectivity index (χ1n) is 6.20. The second kappa shape index (κ2) is 7.84.